The Labute approximate surface area is 240 Å². The van der Waals surface area contributed by atoms with Crippen LogP contribution in [0.2, 0.25) is 0 Å². The van der Waals surface area contributed by atoms with E-state index in [9.17, 15) is 13.2 Å². The Hall–Kier alpha value is -3.34. The Morgan fingerprint density at radius 3 is 2.30 bits per heavy atom. The lowest BCUT2D eigenvalue weighted by Gasteiger charge is -2.26. The van der Waals surface area contributed by atoms with E-state index in [1.54, 1.807) is 29.4 Å². The van der Waals surface area contributed by atoms with Crippen molar-refractivity contribution in [3.05, 3.63) is 78.1 Å². The summed E-state index contributed by atoms with van der Waals surface area (Å²) in [6, 6.07) is 15.6. The Morgan fingerprint density at radius 2 is 1.70 bits per heavy atom. The van der Waals surface area contributed by atoms with Gasteiger partial charge in [0.15, 0.2) is 5.13 Å². The zero-order valence-corrected chi connectivity index (χ0v) is 25.2. The quantitative estimate of drug-likeness (QED) is 0.197. The van der Waals surface area contributed by atoms with Crippen LogP contribution in [0.5, 0.6) is 5.75 Å². The predicted octanol–water partition coefficient (Wildman–Crippen LogP) is 6.24. The second kappa shape index (κ2) is 12.9. The molecule has 0 unspecified atom stereocenters. The molecule has 0 bridgehead atoms. The third-order valence-electron chi connectivity index (χ3n) is 6.08. The van der Waals surface area contributed by atoms with Crippen LogP contribution >= 0.6 is 11.3 Å². The number of aromatic nitrogens is 2. The molecule has 212 valence electrons. The Balaban J connectivity index is 1.67. The molecule has 0 radical (unpaired) electrons. The minimum absolute atomic E-state index is 0.174. The summed E-state index contributed by atoms with van der Waals surface area (Å²) in [5.41, 5.74) is 1.99. The molecular weight excluding hydrogens is 544 g/mol. The molecule has 4 aromatic rings. The Morgan fingerprint density at radius 1 is 1.00 bits per heavy atom. The first-order valence-electron chi connectivity index (χ1n) is 13.4. The van der Waals surface area contributed by atoms with Crippen molar-refractivity contribution in [3.8, 4) is 5.75 Å². The third kappa shape index (κ3) is 7.04. The van der Waals surface area contributed by atoms with Crippen LogP contribution in [-0.4, -0.2) is 48.3 Å². The van der Waals surface area contributed by atoms with Gasteiger partial charge in [-0.25, -0.2) is 13.4 Å². The highest BCUT2D eigenvalue weighted by Gasteiger charge is 2.27. The monoisotopic (exact) mass is 580 g/mol. The van der Waals surface area contributed by atoms with Crippen molar-refractivity contribution in [1.29, 1.82) is 0 Å². The average molecular weight is 581 g/mol. The minimum Gasteiger partial charge on any atom is -0.494 e. The summed E-state index contributed by atoms with van der Waals surface area (Å²) in [6.45, 7) is 11.6. The molecule has 8 nitrogen and oxygen atoms in total. The minimum atomic E-state index is -3.70. The van der Waals surface area contributed by atoms with Gasteiger partial charge in [-0.05, 0) is 72.9 Å². The number of amides is 1. The zero-order chi connectivity index (χ0) is 28.9. The molecule has 0 saturated carbocycles. The van der Waals surface area contributed by atoms with Gasteiger partial charge in [-0.15, -0.1) is 0 Å². The molecule has 0 spiro atoms. The molecule has 4 rings (SSSR count). The maximum atomic E-state index is 13.9. The summed E-state index contributed by atoms with van der Waals surface area (Å²) in [7, 11) is -3.70. The number of pyridine rings is 1. The molecule has 2 aromatic carbocycles. The summed E-state index contributed by atoms with van der Waals surface area (Å²) in [5, 5.41) is 0.536. The summed E-state index contributed by atoms with van der Waals surface area (Å²) in [6.07, 6.45) is 3.40. The number of anilines is 1. The van der Waals surface area contributed by atoms with Gasteiger partial charge in [0.25, 0.3) is 5.91 Å². The third-order valence-corrected chi connectivity index (χ3v) is 8.96. The summed E-state index contributed by atoms with van der Waals surface area (Å²) in [4.78, 5) is 24.6. The Kier molecular flexibility index (Phi) is 9.55. The smallest absolute Gasteiger partial charge is 0.260 e. The molecule has 2 aromatic heterocycles. The molecule has 1 amide bonds. The molecule has 0 saturated heterocycles. The van der Waals surface area contributed by atoms with Crippen LogP contribution < -0.4 is 9.64 Å². The number of hydrogen-bond donors (Lipinski definition) is 0. The highest BCUT2D eigenvalue weighted by atomic mass is 32.2. The van der Waals surface area contributed by atoms with Gasteiger partial charge in [0.2, 0.25) is 10.0 Å². The molecule has 10 heteroatoms. The van der Waals surface area contributed by atoms with Gasteiger partial charge in [0, 0.05) is 31.0 Å². The van der Waals surface area contributed by atoms with E-state index in [0.717, 1.165) is 21.5 Å². The van der Waals surface area contributed by atoms with Gasteiger partial charge in [-0.1, -0.05) is 45.1 Å². The molecule has 0 aliphatic carbocycles. The van der Waals surface area contributed by atoms with Crippen LogP contribution in [0.1, 0.15) is 50.5 Å². The number of hydrogen-bond acceptors (Lipinski definition) is 7. The number of thiazole rings is 1. The van der Waals surface area contributed by atoms with E-state index in [0.29, 0.717) is 30.4 Å². The number of fused-ring (bicyclic) bond motifs is 1. The summed E-state index contributed by atoms with van der Waals surface area (Å²) < 4.78 is 35.0. The molecule has 0 fully saturated rings. The lowest BCUT2D eigenvalue weighted by molar-refractivity contribution is 0.0985. The molecule has 40 heavy (non-hydrogen) atoms. The largest absolute Gasteiger partial charge is 0.494 e. The second-order valence-corrected chi connectivity index (χ2v) is 13.4. The van der Waals surface area contributed by atoms with Crippen molar-refractivity contribution >= 4 is 42.6 Å². The van der Waals surface area contributed by atoms with Gasteiger partial charge in [-0.3, -0.25) is 14.7 Å². The van der Waals surface area contributed by atoms with Gasteiger partial charge in [-0.2, -0.15) is 4.31 Å². The fourth-order valence-electron chi connectivity index (χ4n) is 4.32. The van der Waals surface area contributed by atoms with E-state index in [1.807, 2.05) is 65.0 Å². The molecular formula is C30H36N4O4S2. The standard InChI is InChI=1S/C30H36N4O4S2/c1-6-38-25-11-14-27-28(16-25)39-30(32-27)34(20-23-8-7-15-31-17-23)29(35)24-9-12-26(13-10-24)40(36,37)33(18-21(2)3)19-22(4)5/h7-17,21-22H,6,18-20H2,1-5H3. The van der Waals surface area contributed by atoms with Crippen molar-refractivity contribution in [2.24, 2.45) is 11.8 Å². The second-order valence-electron chi connectivity index (χ2n) is 10.4. The highest BCUT2D eigenvalue weighted by Crippen LogP contribution is 2.33. The average Bonchev–Trinajstić information content (AvgIpc) is 3.34. The van der Waals surface area contributed by atoms with Crippen LogP contribution in [-0.2, 0) is 16.6 Å². The van der Waals surface area contributed by atoms with E-state index in [2.05, 4.69) is 4.98 Å². The van der Waals surface area contributed by atoms with E-state index < -0.39 is 10.0 Å². The number of rotatable bonds is 12. The first-order valence-corrected chi connectivity index (χ1v) is 15.7. The maximum absolute atomic E-state index is 13.9. The first-order chi connectivity index (χ1) is 19.1. The van der Waals surface area contributed by atoms with E-state index >= 15 is 0 Å². The zero-order valence-electron chi connectivity index (χ0n) is 23.6. The van der Waals surface area contributed by atoms with Crippen molar-refractivity contribution in [2.45, 2.75) is 46.1 Å². The highest BCUT2D eigenvalue weighted by molar-refractivity contribution is 7.89. The van der Waals surface area contributed by atoms with Crippen molar-refractivity contribution in [1.82, 2.24) is 14.3 Å². The fraction of sp³-hybridized carbons (Fsp3) is 0.367. The lowest BCUT2D eigenvalue weighted by atomic mass is 10.2. The van der Waals surface area contributed by atoms with Crippen molar-refractivity contribution in [3.63, 3.8) is 0 Å². The molecule has 2 heterocycles. The summed E-state index contributed by atoms with van der Waals surface area (Å²) >= 11 is 1.40. The number of sulfonamides is 1. The number of carbonyl (C=O) groups is 1. The van der Waals surface area contributed by atoms with Gasteiger partial charge in [0.1, 0.15) is 5.75 Å². The summed E-state index contributed by atoms with van der Waals surface area (Å²) in [5.74, 6) is 0.844. The SMILES string of the molecule is CCOc1ccc2nc(N(Cc3cccnc3)C(=O)c3ccc(S(=O)(=O)N(CC(C)C)CC(C)C)cc3)sc2c1. The normalized spacial score (nSPS) is 12.0. The van der Waals surface area contributed by atoms with Crippen molar-refractivity contribution < 1.29 is 17.9 Å². The maximum Gasteiger partial charge on any atom is 0.260 e. The van der Waals surface area contributed by atoms with Gasteiger partial charge >= 0.3 is 0 Å². The number of benzene rings is 2. The van der Waals surface area contributed by atoms with Crippen LogP contribution in [0.15, 0.2) is 71.9 Å². The predicted molar refractivity (Wildman–Crippen MR) is 160 cm³/mol. The lowest BCUT2D eigenvalue weighted by Crippen LogP contribution is -2.37. The van der Waals surface area contributed by atoms with Crippen LogP contribution in [0, 0.1) is 11.8 Å². The molecule has 0 N–H and O–H groups in total. The van der Waals surface area contributed by atoms with E-state index in [1.165, 1.54) is 27.8 Å². The number of carbonyl (C=O) groups excluding carboxylic acids is 1. The molecule has 0 atom stereocenters. The number of ether oxygens (including phenoxy) is 1. The van der Waals surface area contributed by atoms with Crippen LogP contribution in [0.3, 0.4) is 0 Å². The van der Waals surface area contributed by atoms with E-state index in [4.69, 9.17) is 9.72 Å². The molecule has 0 aliphatic rings. The fourth-order valence-corrected chi connectivity index (χ4v) is 7.08. The van der Waals surface area contributed by atoms with Crippen LogP contribution in [0.4, 0.5) is 5.13 Å². The Bertz CT molecular complexity index is 1530. The van der Waals surface area contributed by atoms with Gasteiger partial charge in [0.05, 0.1) is 28.3 Å². The van der Waals surface area contributed by atoms with Gasteiger partial charge < -0.3 is 4.74 Å². The van der Waals surface area contributed by atoms with Crippen LogP contribution in [0.25, 0.3) is 10.2 Å². The first kappa shape index (κ1) is 29.6. The van der Waals surface area contributed by atoms with Crippen molar-refractivity contribution in [2.75, 3.05) is 24.6 Å². The van der Waals surface area contributed by atoms with E-state index in [-0.39, 0.29) is 29.2 Å². The molecule has 0 aliphatic heterocycles. The topological polar surface area (TPSA) is 92.7 Å². The number of nitrogens with zero attached hydrogens (tertiary/aromatic N) is 4.